The molecule has 2 aromatic rings. The van der Waals surface area contributed by atoms with E-state index < -0.39 is 0 Å². The quantitative estimate of drug-likeness (QED) is 0.753. The van der Waals surface area contributed by atoms with Crippen LogP contribution in [0.2, 0.25) is 0 Å². The van der Waals surface area contributed by atoms with Crippen LogP contribution >= 0.6 is 0 Å². The topological polar surface area (TPSA) is 68.5 Å². The number of hydrogen-bond acceptors (Lipinski definition) is 4. The van der Waals surface area contributed by atoms with Gasteiger partial charge in [-0.15, -0.1) is 0 Å². The highest BCUT2D eigenvalue weighted by Crippen LogP contribution is 2.23. The van der Waals surface area contributed by atoms with Crippen molar-refractivity contribution in [2.24, 2.45) is 0 Å². The Labute approximate surface area is 142 Å². The Morgan fingerprint density at radius 1 is 1.21 bits per heavy atom. The zero-order chi connectivity index (χ0) is 17.5. The summed E-state index contributed by atoms with van der Waals surface area (Å²) in [5, 5.41) is 3.83. The second-order valence-electron chi connectivity index (χ2n) is 5.87. The fourth-order valence-electron chi connectivity index (χ4n) is 2.69. The molecule has 130 valence electrons. The van der Waals surface area contributed by atoms with E-state index in [9.17, 15) is 9.59 Å². The molecule has 1 N–H and O–H groups in total. The molecule has 5 heteroatoms. The normalized spacial score (nSPS) is 11.0. The van der Waals surface area contributed by atoms with E-state index in [4.69, 9.17) is 9.15 Å². The van der Waals surface area contributed by atoms with Crippen LogP contribution in [-0.4, -0.2) is 18.6 Å². The summed E-state index contributed by atoms with van der Waals surface area (Å²) in [4.78, 5) is 23.6. The number of amides is 1. The fraction of sp³-hybridized carbons (Fsp3) is 0.474. The lowest BCUT2D eigenvalue weighted by Crippen LogP contribution is -2.37. The van der Waals surface area contributed by atoms with Gasteiger partial charge in [0.2, 0.25) is 0 Å². The Morgan fingerprint density at radius 3 is 2.62 bits per heavy atom. The van der Waals surface area contributed by atoms with E-state index >= 15 is 0 Å². The molecule has 1 heterocycles. The SMILES string of the molecule is CCCc1cc(=O)oc2cc(OCC(=O)NC(CC)CC)ccc12. The van der Waals surface area contributed by atoms with E-state index in [2.05, 4.69) is 12.2 Å². The summed E-state index contributed by atoms with van der Waals surface area (Å²) < 4.78 is 10.8. The van der Waals surface area contributed by atoms with Gasteiger partial charge in [-0.2, -0.15) is 0 Å². The van der Waals surface area contributed by atoms with Crippen LogP contribution in [0.15, 0.2) is 33.5 Å². The maximum absolute atomic E-state index is 11.9. The monoisotopic (exact) mass is 331 g/mol. The Morgan fingerprint density at radius 2 is 1.96 bits per heavy atom. The van der Waals surface area contributed by atoms with E-state index in [1.807, 2.05) is 19.9 Å². The smallest absolute Gasteiger partial charge is 0.336 e. The lowest BCUT2D eigenvalue weighted by atomic mass is 10.1. The van der Waals surface area contributed by atoms with Crippen LogP contribution in [-0.2, 0) is 11.2 Å². The van der Waals surface area contributed by atoms with Crippen LogP contribution in [0.25, 0.3) is 11.0 Å². The minimum Gasteiger partial charge on any atom is -0.484 e. The van der Waals surface area contributed by atoms with E-state index in [-0.39, 0.29) is 24.2 Å². The van der Waals surface area contributed by atoms with Crippen LogP contribution < -0.4 is 15.7 Å². The molecule has 0 atom stereocenters. The molecule has 0 aliphatic heterocycles. The number of nitrogens with one attached hydrogen (secondary N) is 1. The minimum absolute atomic E-state index is 0.0547. The highest BCUT2D eigenvalue weighted by atomic mass is 16.5. The highest BCUT2D eigenvalue weighted by Gasteiger charge is 2.10. The standard InChI is InChI=1S/C19H25NO4/c1-4-7-13-10-19(22)24-17-11-15(8-9-16(13)17)23-12-18(21)20-14(5-2)6-3/h8-11,14H,4-7,12H2,1-3H3,(H,20,21). The van der Waals surface area contributed by atoms with Crippen LogP contribution in [0.1, 0.15) is 45.6 Å². The van der Waals surface area contributed by atoms with E-state index in [1.165, 1.54) is 6.07 Å². The van der Waals surface area contributed by atoms with Gasteiger partial charge in [0.25, 0.3) is 5.91 Å². The first kappa shape index (κ1) is 18.0. The maximum Gasteiger partial charge on any atom is 0.336 e. The van der Waals surface area contributed by atoms with Crippen molar-refractivity contribution in [3.05, 3.63) is 40.2 Å². The number of benzene rings is 1. The van der Waals surface area contributed by atoms with Gasteiger partial charge < -0.3 is 14.5 Å². The van der Waals surface area contributed by atoms with E-state index in [0.717, 1.165) is 36.6 Å². The van der Waals surface area contributed by atoms with Crippen molar-refractivity contribution in [1.82, 2.24) is 5.32 Å². The van der Waals surface area contributed by atoms with Gasteiger partial charge >= 0.3 is 5.63 Å². The molecule has 24 heavy (non-hydrogen) atoms. The third-order valence-corrected chi connectivity index (χ3v) is 4.04. The summed E-state index contributed by atoms with van der Waals surface area (Å²) in [6.07, 6.45) is 3.56. The molecule has 0 aliphatic carbocycles. The summed E-state index contributed by atoms with van der Waals surface area (Å²) in [6, 6.07) is 7.05. The molecule has 1 aromatic carbocycles. The maximum atomic E-state index is 11.9. The molecular weight excluding hydrogens is 306 g/mol. The number of fused-ring (bicyclic) bond motifs is 1. The molecule has 0 saturated heterocycles. The van der Waals surface area contributed by atoms with E-state index in [1.54, 1.807) is 12.1 Å². The van der Waals surface area contributed by atoms with Crippen LogP contribution in [0.5, 0.6) is 5.75 Å². The first-order valence-electron chi connectivity index (χ1n) is 8.56. The van der Waals surface area contributed by atoms with Crippen molar-refractivity contribution in [2.45, 2.75) is 52.5 Å². The average molecular weight is 331 g/mol. The van der Waals surface area contributed by atoms with Crippen molar-refractivity contribution in [3.63, 3.8) is 0 Å². The molecule has 0 unspecified atom stereocenters. The van der Waals surface area contributed by atoms with Gasteiger partial charge in [-0.3, -0.25) is 4.79 Å². The lowest BCUT2D eigenvalue weighted by molar-refractivity contribution is -0.123. The highest BCUT2D eigenvalue weighted by molar-refractivity contribution is 5.82. The van der Waals surface area contributed by atoms with Crippen molar-refractivity contribution in [1.29, 1.82) is 0 Å². The molecule has 2 rings (SSSR count). The molecule has 1 amide bonds. The average Bonchev–Trinajstić information content (AvgIpc) is 2.57. The van der Waals surface area contributed by atoms with Gasteiger partial charge in [0.05, 0.1) is 0 Å². The van der Waals surface area contributed by atoms with Gasteiger partial charge in [0, 0.05) is 23.6 Å². The van der Waals surface area contributed by atoms with Crippen molar-refractivity contribution in [2.75, 3.05) is 6.61 Å². The summed E-state index contributed by atoms with van der Waals surface area (Å²) in [7, 11) is 0. The Bertz CT molecular complexity index is 747. The second-order valence-corrected chi connectivity index (χ2v) is 5.87. The minimum atomic E-state index is -0.366. The molecule has 0 radical (unpaired) electrons. The predicted molar refractivity (Wildman–Crippen MR) is 94.5 cm³/mol. The van der Waals surface area contributed by atoms with Gasteiger partial charge in [0.15, 0.2) is 6.61 Å². The first-order chi connectivity index (χ1) is 11.6. The number of ether oxygens (including phenoxy) is 1. The molecule has 5 nitrogen and oxygen atoms in total. The summed E-state index contributed by atoms with van der Waals surface area (Å²) in [5.41, 5.74) is 1.10. The molecular formula is C19H25NO4. The lowest BCUT2D eigenvalue weighted by Gasteiger charge is -2.15. The Balaban J connectivity index is 2.11. The van der Waals surface area contributed by atoms with Crippen LogP contribution in [0, 0.1) is 0 Å². The Kier molecular flexibility index (Phi) is 6.41. The first-order valence-corrected chi connectivity index (χ1v) is 8.56. The van der Waals surface area contributed by atoms with Gasteiger partial charge in [0.1, 0.15) is 11.3 Å². The van der Waals surface area contributed by atoms with Gasteiger partial charge in [-0.1, -0.05) is 27.2 Å². The third kappa shape index (κ3) is 4.60. The summed E-state index contributed by atoms with van der Waals surface area (Å²) in [5.74, 6) is 0.365. The summed E-state index contributed by atoms with van der Waals surface area (Å²) in [6.45, 7) is 6.08. The molecule has 0 saturated carbocycles. The molecule has 1 aromatic heterocycles. The zero-order valence-corrected chi connectivity index (χ0v) is 14.6. The third-order valence-electron chi connectivity index (χ3n) is 4.04. The number of carbonyl (C=O) groups is 1. The molecule has 0 fully saturated rings. The largest absolute Gasteiger partial charge is 0.484 e. The zero-order valence-electron chi connectivity index (χ0n) is 14.6. The Hall–Kier alpha value is -2.30. The molecule has 0 bridgehead atoms. The van der Waals surface area contributed by atoms with E-state index in [0.29, 0.717) is 11.3 Å². The number of aryl methyl sites for hydroxylation is 1. The van der Waals surface area contributed by atoms with Crippen LogP contribution in [0.3, 0.4) is 0 Å². The van der Waals surface area contributed by atoms with Crippen molar-refractivity contribution < 1.29 is 13.9 Å². The number of rotatable bonds is 8. The number of hydrogen-bond donors (Lipinski definition) is 1. The summed E-state index contributed by atoms with van der Waals surface area (Å²) >= 11 is 0. The van der Waals surface area contributed by atoms with Gasteiger partial charge in [-0.05, 0) is 37.0 Å². The molecule has 0 spiro atoms. The van der Waals surface area contributed by atoms with Crippen molar-refractivity contribution >= 4 is 16.9 Å². The fourth-order valence-corrected chi connectivity index (χ4v) is 2.69. The van der Waals surface area contributed by atoms with Crippen LogP contribution in [0.4, 0.5) is 0 Å². The predicted octanol–water partition coefficient (Wildman–Crippen LogP) is 3.43. The van der Waals surface area contributed by atoms with Crippen molar-refractivity contribution in [3.8, 4) is 5.75 Å². The van der Waals surface area contributed by atoms with Gasteiger partial charge in [-0.25, -0.2) is 4.79 Å². The number of carbonyl (C=O) groups excluding carboxylic acids is 1. The second kappa shape index (κ2) is 8.52. The molecule has 0 aliphatic rings.